The van der Waals surface area contributed by atoms with Crippen molar-refractivity contribution in [3.63, 3.8) is 0 Å². The molecule has 0 bridgehead atoms. The smallest absolute Gasteiger partial charge is 0.338 e. The second kappa shape index (κ2) is 6.24. The minimum absolute atomic E-state index is 0.144. The largest absolute Gasteiger partial charge is 0.457 e. The Hall–Kier alpha value is -1.59. The van der Waals surface area contributed by atoms with Gasteiger partial charge >= 0.3 is 5.97 Å². The summed E-state index contributed by atoms with van der Waals surface area (Å²) < 4.78 is 19.2. The summed E-state index contributed by atoms with van der Waals surface area (Å²) in [5.74, 6) is -1.11. The first-order chi connectivity index (χ1) is 9.47. The van der Waals surface area contributed by atoms with E-state index in [0.717, 1.165) is 0 Å². The number of carbonyl (C=O) groups excluding carboxylic acids is 1. The molecule has 2 rings (SSSR count). The monoisotopic (exact) mass is 357 g/mol. The van der Waals surface area contributed by atoms with Gasteiger partial charge in [0.15, 0.2) is 0 Å². The van der Waals surface area contributed by atoms with Gasteiger partial charge in [0, 0.05) is 15.7 Å². The number of esters is 1. The van der Waals surface area contributed by atoms with Crippen LogP contribution in [0.5, 0.6) is 0 Å². The lowest BCUT2D eigenvalue weighted by Gasteiger charge is -2.08. The van der Waals surface area contributed by atoms with Crippen molar-refractivity contribution in [2.24, 2.45) is 0 Å². The van der Waals surface area contributed by atoms with E-state index in [4.69, 9.17) is 22.1 Å². The molecule has 0 spiro atoms. The maximum Gasteiger partial charge on any atom is 0.338 e. The molecule has 2 aromatic rings. The Bertz CT molecular complexity index is 623. The fraction of sp³-hybridized carbons (Fsp3) is 0.0714. The summed E-state index contributed by atoms with van der Waals surface area (Å²) in [7, 11) is 0. The zero-order valence-corrected chi connectivity index (χ0v) is 12.5. The van der Waals surface area contributed by atoms with Gasteiger partial charge in [-0.1, -0.05) is 33.6 Å². The van der Waals surface area contributed by atoms with Crippen LogP contribution in [-0.2, 0) is 11.3 Å². The number of nitrogen functional groups attached to an aromatic ring is 1. The second-order valence-corrected chi connectivity index (χ2v) is 5.37. The van der Waals surface area contributed by atoms with Gasteiger partial charge in [0.2, 0.25) is 0 Å². The molecular formula is C14H10BrClFNO2. The number of rotatable bonds is 3. The van der Waals surface area contributed by atoms with Crippen LogP contribution in [0.2, 0.25) is 5.02 Å². The van der Waals surface area contributed by atoms with Gasteiger partial charge in [-0.3, -0.25) is 0 Å². The van der Waals surface area contributed by atoms with E-state index in [1.54, 1.807) is 12.1 Å². The summed E-state index contributed by atoms with van der Waals surface area (Å²) in [6.07, 6.45) is 0. The van der Waals surface area contributed by atoms with Gasteiger partial charge in [-0.2, -0.15) is 0 Å². The highest BCUT2D eigenvalue weighted by molar-refractivity contribution is 9.10. The number of benzene rings is 2. The molecule has 0 amide bonds. The fourth-order valence-electron chi connectivity index (χ4n) is 1.62. The van der Waals surface area contributed by atoms with Crippen LogP contribution in [0.15, 0.2) is 40.9 Å². The van der Waals surface area contributed by atoms with Crippen LogP contribution in [0.1, 0.15) is 15.9 Å². The summed E-state index contributed by atoms with van der Waals surface area (Å²) in [6, 6.07) is 8.98. The molecule has 0 fully saturated rings. The topological polar surface area (TPSA) is 52.3 Å². The van der Waals surface area contributed by atoms with Crippen molar-refractivity contribution in [2.45, 2.75) is 6.61 Å². The average Bonchev–Trinajstić information content (AvgIpc) is 2.36. The Labute approximate surface area is 128 Å². The molecule has 0 aliphatic rings. The van der Waals surface area contributed by atoms with Gasteiger partial charge in [0.05, 0.1) is 10.6 Å². The van der Waals surface area contributed by atoms with Crippen molar-refractivity contribution in [3.8, 4) is 0 Å². The summed E-state index contributed by atoms with van der Waals surface area (Å²) in [4.78, 5) is 11.9. The lowest BCUT2D eigenvalue weighted by molar-refractivity contribution is 0.0469. The van der Waals surface area contributed by atoms with Crippen molar-refractivity contribution in [2.75, 3.05) is 5.73 Å². The number of anilines is 1. The van der Waals surface area contributed by atoms with E-state index in [1.807, 2.05) is 0 Å². The minimum atomic E-state index is -0.600. The van der Waals surface area contributed by atoms with Crippen LogP contribution in [-0.4, -0.2) is 5.97 Å². The van der Waals surface area contributed by atoms with E-state index in [0.29, 0.717) is 10.2 Å². The third kappa shape index (κ3) is 3.49. The van der Waals surface area contributed by atoms with Crippen LogP contribution in [0.3, 0.4) is 0 Å². The Kier molecular flexibility index (Phi) is 4.62. The van der Waals surface area contributed by atoms with Crippen molar-refractivity contribution in [1.29, 1.82) is 0 Å². The highest BCUT2D eigenvalue weighted by Gasteiger charge is 2.12. The highest BCUT2D eigenvalue weighted by atomic mass is 79.9. The van der Waals surface area contributed by atoms with Gasteiger partial charge in [-0.05, 0) is 30.3 Å². The minimum Gasteiger partial charge on any atom is -0.457 e. The van der Waals surface area contributed by atoms with Gasteiger partial charge < -0.3 is 10.5 Å². The van der Waals surface area contributed by atoms with E-state index in [2.05, 4.69) is 15.9 Å². The predicted molar refractivity (Wildman–Crippen MR) is 79.1 cm³/mol. The molecule has 0 aromatic heterocycles. The van der Waals surface area contributed by atoms with E-state index in [9.17, 15) is 9.18 Å². The third-order valence-electron chi connectivity index (χ3n) is 2.57. The van der Waals surface area contributed by atoms with Gasteiger partial charge in [-0.15, -0.1) is 0 Å². The van der Waals surface area contributed by atoms with Crippen LogP contribution >= 0.6 is 27.5 Å². The Balaban J connectivity index is 2.13. The van der Waals surface area contributed by atoms with E-state index < -0.39 is 11.8 Å². The number of nitrogens with two attached hydrogens (primary N) is 1. The zero-order chi connectivity index (χ0) is 14.7. The molecule has 6 heteroatoms. The Morgan fingerprint density at radius 2 is 2.10 bits per heavy atom. The Morgan fingerprint density at radius 1 is 1.35 bits per heavy atom. The quantitative estimate of drug-likeness (QED) is 0.661. The molecule has 2 N–H and O–H groups in total. The highest BCUT2D eigenvalue weighted by Crippen LogP contribution is 2.22. The van der Waals surface area contributed by atoms with Gasteiger partial charge in [0.1, 0.15) is 12.4 Å². The van der Waals surface area contributed by atoms with E-state index >= 15 is 0 Å². The molecular weight excluding hydrogens is 349 g/mol. The lowest BCUT2D eigenvalue weighted by Crippen LogP contribution is -2.07. The SMILES string of the molecule is Nc1cc(Br)cc(C(=O)OCc2c(F)cccc2Cl)c1. The summed E-state index contributed by atoms with van der Waals surface area (Å²) in [6.45, 7) is -0.239. The number of halogens is 3. The van der Waals surface area contributed by atoms with Crippen molar-refractivity contribution >= 4 is 39.2 Å². The van der Waals surface area contributed by atoms with E-state index in [-0.39, 0.29) is 22.8 Å². The first-order valence-electron chi connectivity index (χ1n) is 5.63. The van der Waals surface area contributed by atoms with Crippen molar-refractivity contribution in [3.05, 3.63) is 62.8 Å². The molecule has 0 atom stereocenters. The number of hydrogen-bond donors (Lipinski definition) is 1. The second-order valence-electron chi connectivity index (χ2n) is 4.05. The summed E-state index contributed by atoms with van der Waals surface area (Å²) in [5.41, 5.74) is 6.49. The average molecular weight is 359 g/mol. The van der Waals surface area contributed by atoms with Crippen molar-refractivity contribution in [1.82, 2.24) is 0 Å². The maximum absolute atomic E-state index is 13.5. The standard InChI is InChI=1S/C14H10BrClFNO2/c15-9-4-8(5-10(18)6-9)14(19)20-7-11-12(16)2-1-3-13(11)17/h1-6H,7,18H2. The predicted octanol–water partition coefficient (Wildman–Crippen LogP) is 4.18. The van der Waals surface area contributed by atoms with E-state index in [1.165, 1.54) is 24.3 Å². The van der Waals surface area contributed by atoms with Crippen LogP contribution in [0.25, 0.3) is 0 Å². The molecule has 0 heterocycles. The lowest BCUT2D eigenvalue weighted by atomic mass is 10.2. The van der Waals surface area contributed by atoms with Gasteiger partial charge in [0.25, 0.3) is 0 Å². The van der Waals surface area contributed by atoms with Crippen molar-refractivity contribution < 1.29 is 13.9 Å². The first kappa shape index (κ1) is 14.8. The molecule has 0 aliphatic heterocycles. The molecule has 0 aliphatic carbocycles. The number of ether oxygens (including phenoxy) is 1. The molecule has 0 saturated carbocycles. The molecule has 3 nitrogen and oxygen atoms in total. The first-order valence-corrected chi connectivity index (χ1v) is 6.80. The summed E-state index contributed by atoms with van der Waals surface area (Å²) in [5, 5.41) is 0.214. The summed E-state index contributed by atoms with van der Waals surface area (Å²) >= 11 is 9.08. The normalized spacial score (nSPS) is 10.3. The maximum atomic E-state index is 13.5. The number of hydrogen-bond acceptors (Lipinski definition) is 3. The number of carbonyl (C=O) groups is 1. The zero-order valence-electron chi connectivity index (χ0n) is 10.2. The third-order valence-corrected chi connectivity index (χ3v) is 3.38. The molecule has 20 heavy (non-hydrogen) atoms. The molecule has 0 saturated heterocycles. The van der Waals surface area contributed by atoms with Crippen LogP contribution in [0.4, 0.5) is 10.1 Å². The molecule has 0 radical (unpaired) electrons. The molecule has 2 aromatic carbocycles. The van der Waals surface area contributed by atoms with Crippen LogP contribution in [0, 0.1) is 5.82 Å². The Morgan fingerprint density at radius 3 is 2.75 bits per heavy atom. The molecule has 104 valence electrons. The fourth-order valence-corrected chi connectivity index (χ4v) is 2.35. The van der Waals surface area contributed by atoms with Crippen LogP contribution < -0.4 is 5.73 Å². The van der Waals surface area contributed by atoms with Gasteiger partial charge in [-0.25, -0.2) is 9.18 Å². The molecule has 0 unspecified atom stereocenters.